The fourth-order valence-corrected chi connectivity index (χ4v) is 2.61. The van der Waals surface area contributed by atoms with Gasteiger partial charge >= 0.3 is 6.18 Å². The fourth-order valence-electron chi connectivity index (χ4n) is 2.61. The predicted molar refractivity (Wildman–Crippen MR) is 98.0 cm³/mol. The first-order valence-corrected chi connectivity index (χ1v) is 8.27. The molecule has 4 rings (SSSR count). The number of nitrogens with one attached hydrogen (secondary N) is 3. The summed E-state index contributed by atoms with van der Waals surface area (Å²) >= 11 is 0. The number of H-pyrrole nitrogens is 1. The van der Waals surface area contributed by atoms with Crippen LogP contribution in [0.2, 0.25) is 0 Å². The van der Waals surface area contributed by atoms with Crippen molar-refractivity contribution in [3.63, 3.8) is 0 Å². The van der Waals surface area contributed by atoms with Gasteiger partial charge in [-0.25, -0.2) is 4.98 Å². The zero-order valence-electron chi connectivity index (χ0n) is 14.3. The third-order valence-electron chi connectivity index (χ3n) is 3.95. The summed E-state index contributed by atoms with van der Waals surface area (Å²) in [6.07, 6.45) is -0.609. The Kier molecular flexibility index (Phi) is 4.52. The largest absolute Gasteiger partial charge is 0.421 e. The molecule has 7 nitrogen and oxygen atoms in total. The number of pyridine rings is 1. The first-order valence-electron chi connectivity index (χ1n) is 8.27. The number of alkyl halides is 3. The van der Waals surface area contributed by atoms with Crippen LogP contribution in [0.4, 0.5) is 30.6 Å². The van der Waals surface area contributed by atoms with Gasteiger partial charge in [0.15, 0.2) is 0 Å². The third-order valence-corrected chi connectivity index (χ3v) is 3.95. The second kappa shape index (κ2) is 7.14. The number of aromatic amines is 1. The van der Waals surface area contributed by atoms with Crippen molar-refractivity contribution in [3.05, 3.63) is 66.2 Å². The number of rotatable bonds is 5. The quantitative estimate of drug-likeness (QED) is 0.479. The van der Waals surface area contributed by atoms with Crippen LogP contribution in [0.15, 0.2) is 55.0 Å². The highest BCUT2D eigenvalue weighted by Gasteiger charge is 2.35. The van der Waals surface area contributed by atoms with Crippen molar-refractivity contribution in [1.29, 1.82) is 0 Å². The summed E-state index contributed by atoms with van der Waals surface area (Å²) in [5.74, 6) is -0.278. The van der Waals surface area contributed by atoms with Gasteiger partial charge in [0.05, 0.1) is 24.0 Å². The molecule has 3 heterocycles. The van der Waals surface area contributed by atoms with Crippen molar-refractivity contribution < 1.29 is 13.2 Å². The Hall–Kier alpha value is -3.69. The first kappa shape index (κ1) is 17.7. The van der Waals surface area contributed by atoms with E-state index in [0.29, 0.717) is 11.4 Å². The van der Waals surface area contributed by atoms with Crippen LogP contribution in [0.1, 0.15) is 11.3 Å². The Morgan fingerprint density at radius 2 is 1.93 bits per heavy atom. The maximum absolute atomic E-state index is 13.3. The summed E-state index contributed by atoms with van der Waals surface area (Å²) in [4.78, 5) is 11.9. The number of halogens is 3. The molecule has 0 radical (unpaired) electrons. The Labute approximate surface area is 157 Å². The fraction of sp³-hybridized carbons (Fsp3) is 0.111. The van der Waals surface area contributed by atoms with E-state index < -0.39 is 11.7 Å². The maximum Gasteiger partial charge on any atom is 0.421 e. The minimum Gasteiger partial charge on any atom is -0.364 e. The molecule has 3 N–H and O–H groups in total. The Morgan fingerprint density at radius 1 is 1.04 bits per heavy atom. The van der Waals surface area contributed by atoms with Crippen molar-refractivity contribution in [3.8, 4) is 0 Å². The molecule has 0 bridgehead atoms. The van der Waals surface area contributed by atoms with Crippen molar-refractivity contribution in [2.45, 2.75) is 12.7 Å². The highest BCUT2D eigenvalue weighted by Crippen LogP contribution is 2.34. The molecule has 0 spiro atoms. The number of anilines is 3. The Bertz CT molecular complexity index is 1090. The van der Waals surface area contributed by atoms with Crippen LogP contribution < -0.4 is 10.6 Å². The minimum atomic E-state index is -4.58. The van der Waals surface area contributed by atoms with E-state index >= 15 is 0 Å². The summed E-state index contributed by atoms with van der Waals surface area (Å²) < 4.78 is 39.9. The van der Waals surface area contributed by atoms with Crippen molar-refractivity contribution >= 4 is 28.4 Å². The van der Waals surface area contributed by atoms with Crippen LogP contribution in [-0.4, -0.2) is 25.1 Å². The molecule has 1 aromatic carbocycles. The number of benzene rings is 1. The van der Waals surface area contributed by atoms with Crippen molar-refractivity contribution in [1.82, 2.24) is 25.1 Å². The molecule has 0 unspecified atom stereocenters. The molecule has 10 heteroatoms. The molecule has 0 aliphatic heterocycles. The number of nitrogens with zero attached hydrogens (tertiary/aromatic N) is 4. The zero-order chi connectivity index (χ0) is 19.6. The molecule has 0 saturated carbocycles. The SMILES string of the molecule is FC(F)(F)c1cnc(Nc2ccc3[nH]ncc3c2)nc1NCc1ccccn1. The van der Waals surface area contributed by atoms with E-state index in [9.17, 15) is 13.2 Å². The van der Waals surface area contributed by atoms with E-state index in [0.717, 1.165) is 17.1 Å². The highest BCUT2D eigenvalue weighted by atomic mass is 19.4. The van der Waals surface area contributed by atoms with Crippen LogP contribution in [0, 0.1) is 0 Å². The number of aromatic nitrogens is 5. The summed E-state index contributed by atoms with van der Waals surface area (Å²) in [5, 5.41) is 13.2. The van der Waals surface area contributed by atoms with Crippen LogP contribution in [0.25, 0.3) is 10.9 Å². The van der Waals surface area contributed by atoms with Crippen LogP contribution in [0.3, 0.4) is 0 Å². The first-order chi connectivity index (χ1) is 13.5. The molecule has 0 fully saturated rings. The summed E-state index contributed by atoms with van der Waals surface area (Å²) in [6, 6.07) is 10.5. The van der Waals surface area contributed by atoms with E-state index in [4.69, 9.17) is 0 Å². The van der Waals surface area contributed by atoms with Crippen molar-refractivity contribution in [2.75, 3.05) is 10.6 Å². The lowest BCUT2D eigenvalue weighted by atomic mass is 10.2. The smallest absolute Gasteiger partial charge is 0.364 e. The molecular formula is C18H14F3N7. The maximum atomic E-state index is 13.3. The van der Waals surface area contributed by atoms with Gasteiger partial charge < -0.3 is 10.6 Å². The molecule has 0 aliphatic carbocycles. The monoisotopic (exact) mass is 385 g/mol. The summed E-state index contributed by atoms with van der Waals surface area (Å²) in [5.41, 5.74) is 1.12. The van der Waals surface area contributed by atoms with Gasteiger partial charge in [0.25, 0.3) is 0 Å². The minimum absolute atomic E-state index is 0.0411. The van der Waals surface area contributed by atoms with Gasteiger partial charge in [-0.3, -0.25) is 10.1 Å². The normalized spacial score (nSPS) is 11.5. The van der Waals surface area contributed by atoms with Gasteiger partial charge in [0, 0.05) is 23.5 Å². The Balaban J connectivity index is 1.60. The predicted octanol–water partition coefficient (Wildman–Crippen LogP) is 4.12. The number of fused-ring (bicyclic) bond motifs is 1. The van der Waals surface area contributed by atoms with Gasteiger partial charge in [0.2, 0.25) is 5.95 Å². The standard InChI is InChI=1S/C18H14F3N7/c19-18(20,21)14-10-24-17(26-12-4-5-15-11(7-12)8-25-28-15)27-16(14)23-9-13-3-1-2-6-22-13/h1-8,10H,9H2,(H,25,28)(H2,23,24,26,27). The molecule has 28 heavy (non-hydrogen) atoms. The topological polar surface area (TPSA) is 91.4 Å². The third kappa shape index (κ3) is 3.85. The lowest BCUT2D eigenvalue weighted by molar-refractivity contribution is -0.137. The van der Waals surface area contributed by atoms with E-state index in [-0.39, 0.29) is 18.3 Å². The lowest BCUT2D eigenvalue weighted by Gasteiger charge is -2.14. The van der Waals surface area contributed by atoms with Crippen LogP contribution >= 0.6 is 0 Å². The Morgan fingerprint density at radius 3 is 2.71 bits per heavy atom. The van der Waals surface area contributed by atoms with E-state index in [2.05, 4.69) is 35.8 Å². The molecular weight excluding hydrogens is 371 g/mol. The molecule has 0 atom stereocenters. The second-order valence-corrected chi connectivity index (χ2v) is 5.93. The van der Waals surface area contributed by atoms with E-state index in [1.54, 1.807) is 48.8 Å². The van der Waals surface area contributed by atoms with Gasteiger partial charge in [-0.1, -0.05) is 6.07 Å². The highest BCUT2D eigenvalue weighted by molar-refractivity contribution is 5.82. The van der Waals surface area contributed by atoms with Gasteiger partial charge in [-0.2, -0.15) is 23.3 Å². The molecule has 142 valence electrons. The van der Waals surface area contributed by atoms with E-state index in [1.165, 1.54) is 0 Å². The number of hydrogen-bond acceptors (Lipinski definition) is 6. The van der Waals surface area contributed by atoms with Gasteiger partial charge in [-0.05, 0) is 30.3 Å². The molecule has 3 aromatic heterocycles. The summed E-state index contributed by atoms with van der Waals surface area (Å²) in [7, 11) is 0. The average molecular weight is 385 g/mol. The molecule has 0 saturated heterocycles. The second-order valence-electron chi connectivity index (χ2n) is 5.93. The van der Waals surface area contributed by atoms with Crippen LogP contribution in [0.5, 0.6) is 0 Å². The average Bonchev–Trinajstić information content (AvgIpc) is 3.14. The van der Waals surface area contributed by atoms with Crippen LogP contribution in [-0.2, 0) is 12.7 Å². The molecule has 0 aliphatic rings. The zero-order valence-corrected chi connectivity index (χ0v) is 14.3. The molecule has 4 aromatic rings. The van der Waals surface area contributed by atoms with Crippen molar-refractivity contribution in [2.24, 2.45) is 0 Å². The lowest BCUT2D eigenvalue weighted by Crippen LogP contribution is -2.14. The summed E-state index contributed by atoms with van der Waals surface area (Å²) in [6.45, 7) is 0.0986. The van der Waals surface area contributed by atoms with Gasteiger partial charge in [0.1, 0.15) is 11.4 Å². The van der Waals surface area contributed by atoms with Gasteiger partial charge in [-0.15, -0.1) is 0 Å². The molecule has 0 amide bonds. The number of hydrogen-bond donors (Lipinski definition) is 3. The van der Waals surface area contributed by atoms with E-state index in [1.807, 2.05) is 0 Å².